The van der Waals surface area contributed by atoms with Crippen molar-refractivity contribution < 1.29 is 190 Å². The summed E-state index contributed by atoms with van der Waals surface area (Å²) in [5.41, 5.74) is 1.37. The molecule has 6 nitrogen and oxygen atoms in total. The number of aryl methyl sites for hydroxylation is 1. The van der Waals surface area contributed by atoms with Gasteiger partial charge >= 0.3 is 154 Å². The van der Waals surface area contributed by atoms with Crippen LogP contribution in [-0.4, -0.2) is 18.0 Å². The predicted octanol–water partition coefficient (Wildman–Crippen LogP) is -7.25. The molecule has 0 saturated heterocycles. The smallest absolute Gasteiger partial charge is 0.810 e. The standard InChI is InChI=1S/C16H17F2O6PS.3K/c17-13-8-9-14(15(18)10-13)12-6-4-11(5-7-12)2-1-3-16(25(19,20)21)26(22,23)24;;;/h4-10,16H,1-3H2,(H2,19,20,21)(H,22,23,24);;;/q;3*+1/p-3. The van der Waals surface area contributed by atoms with Gasteiger partial charge in [-0.15, -0.1) is 0 Å². The van der Waals surface area contributed by atoms with E-state index in [4.69, 9.17) is 0 Å². The van der Waals surface area contributed by atoms with Gasteiger partial charge in [-0.25, -0.2) is 17.2 Å². The van der Waals surface area contributed by atoms with Crippen molar-refractivity contribution >= 4 is 17.7 Å². The molecule has 0 saturated carbocycles. The molecule has 0 aromatic heterocycles. The van der Waals surface area contributed by atoms with Crippen molar-refractivity contribution in [3.8, 4) is 11.1 Å². The van der Waals surface area contributed by atoms with Gasteiger partial charge in [0.05, 0.1) is 4.99 Å². The van der Waals surface area contributed by atoms with Crippen molar-refractivity contribution in [2.24, 2.45) is 0 Å². The van der Waals surface area contributed by atoms with Gasteiger partial charge in [0.1, 0.15) is 21.8 Å². The molecule has 2 aromatic rings. The van der Waals surface area contributed by atoms with Crippen LogP contribution in [0.4, 0.5) is 8.78 Å². The van der Waals surface area contributed by atoms with Crippen molar-refractivity contribution in [3.63, 3.8) is 0 Å². The van der Waals surface area contributed by atoms with Crippen LogP contribution in [0.5, 0.6) is 0 Å². The van der Waals surface area contributed by atoms with E-state index in [0.29, 0.717) is 11.1 Å². The van der Waals surface area contributed by atoms with Gasteiger partial charge in [-0.05, 0) is 42.5 Å². The molecule has 0 amide bonds. The van der Waals surface area contributed by atoms with Gasteiger partial charge in [-0.3, -0.25) is 0 Å². The van der Waals surface area contributed by atoms with E-state index in [2.05, 4.69) is 0 Å². The molecule has 2 rings (SSSR count). The fraction of sp³-hybridized carbons (Fsp3) is 0.250. The first kappa shape index (κ1) is 34.4. The van der Waals surface area contributed by atoms with Crippen LogP contribution in [0.2, 0.25) is 0 Å². The maximum atomic E-state index is 13.7. The van der Waals surface area contributed by atoms with E-state index < -0.39 is 40.8 Å². The molecule has 29 heavy (non-hydrogen) atoms. The van der Waals surface area contributed by atoms with E-state index in [9.17, 15) is 36.1 Å². The van der Waals surface area contributed by atoms with E-state index in [-0.39, 0.29) is 173 Å². The average molecular weight is 521 g/mol. The fourth-order valence-corrected chi connectivity index (χ4v) is 4.73. The number of hydrogen-bond donors (Lipinski definition) is 0. The molecule has 142 valence electrons. The van der Waals surface area contributed by atoms with Crippen LogP contribution in [0.15, 0.2) is 42.5 Å². The number of halogens is 2. The summed E-state index contributed by atoms with van der Waals surface area (Å²) >= 11 is 0. The minimum atomic E-state index is -5.55. The molecule has 0 spiro atoms. The molecule has 0 aliphatic rings. The summed E-state index contributed by atoms with van der Waals surface area (Å²) in [5, 5.41) is 0. The maximum absolute atomic E-state index is 13.7. The minimum absolute atomic E-state index is 0. The third-order valence-electron chi connectivity index (χ3n) is 3.80. The molecule has 0 aliphatic carbocycles. The Morgan fingerprint density at radius 2 is 1.52 bits per heavy atom. The normalized spacial score (nSPS) is 12.2. The molecule has 2 aromatic carbocycles. The minimum Gasteiger partial charge on any atom is -0.810 e. The zero-order valence-corrected chi connectivity index (χ0v) is 27.4. The molecule has 0 bridgehead atoms. The van der Waals surface area contributed by atoms with Crippen LogP contribution in [0.3, 0.4) is 0 Å². The number of hydrogen-bond acceptors (Lipinski definition) is 6. The largest absolute Gasteiger partial charge is 1.00 e. The second kappa shape index (κ2) is 15.3. The molecule has 1 unspecified atom stereocenters. The third-order valence-corrected chi connectivity index (χ3v) is 7.21. The van der Waals surface area contributed by atoms with Gasteiger partial charge in [0.25, 0.3) is 0 Å². The summed E-state index contributed by atoms with van der Waals surface area (Å²) in [6, 6.07) is 9.53. The van der Waals surface area contributed by atoms with Gasteiger partial charge < -0.3 is 18.9 Å². The van der Waals surface area contributed by atoms with Crippen molar-refractivity contribution in [2.45, 2.75) is 24.3 Å². The maximum Gasteiger partial charge on any atom is 1.00 e. The predicted molar refractivity (Wildman–Crippen MR) is 85.8 cm³/mol. The Bertz CT molecular complexity index is 938. The topological polar surface area (TPSA) is 120 Å². The van der Waals surface area contributed by atoms with E-state index >= 15 is 0 Å². The van der Waals surface area contributed by atoms with Crippen LogP contribution in [0, 0.1) is 11.6 Å². The van der Waals surface area contributed by atoms with Crippen molar-refractivity contribution in [2.75, 3.05) is 0 Å². The van der Waals surface area contributed by atoms with Crippen LogP contribution in [-0.2, 0) is 21.1 Å². The van der Waals surface area contributed by atoms with Crippen LogP contribution >= 0.6 is 7.60 Å². The molecule has 0 radical (unpaired) electrons. The van der Waals surface area contributed by atoms with Crippen LogP contribution < -0.4 is 164 Å². The quantitative estimate of drug-likeness (QED) is 0.203. The van der Waals surface area contributed by atoms with Crippen LogP contribution in [0.25, 0.3) is 11.1 Å². The summed E-state index contributed by atoms with van der Waals surface area (Å²) in [5.74, 6) is -1.41. The van der Waals surface area contributed by atoms with Crippen molar-refractivity contribution in [1.29, 1.82) is 0 Å². The Kier molecular flexibility index (Phi) is 18.2. The second-order valence-corrected chi connectivity index (χ2v) is 9.31. The number of benzene rings is 2. The molecular formula is C16H14F2K3O6PS. The molecule has 0 aliphatic heterocycles. The molecular weight excluding hydrogens is 507 g/mol. The Balaban J connectivity index is 0. The Morgan fingerprint density at radius 1 is 0.966 bits per heavy atom. The number of rotatable bonds is 7. The van der Waals surface area contributed by atoms with E-state index in [0.717, 1.165) is 12.1 Å². The Labute approximate surface area is 296 Å². The summed E-state index contributed by atoms with van der Waals surface area (Å²) in [4.78, 5) is 19.3. The average Bonchev–Trinajstić information content (AvgIpc) is 2.50. The summed E-state index contributed by atoms with van der Waals surface area (Å²) in [6.07, 6.45) is -0.381. The Hall–Kier alpha value is 3.27. The van der Waals surface area contributed by atoms with Gasteiger partial charge in [-0.1, -0.05) is 31.9 Å². The molecule has 13 heteroatoms. The van der Waals surface area contributed by atoms with Crippen LogP contribution in [0.1, 0.15) is 18.4 Å². The molecule has 0 fully saturated rings. The first-order chi connectivity index (χ1) is 12.0. The van der Waals surface area contributed by atoms with Gasteiger partial charge in [-0.2, -0.15) is 0 Å². The SMILES string of the molecule is O=P([O-])([O-])C(CCCc1ccc(-c2ccc(F)cc2F)cc1)S(=O)(=O)[O-].[K+].[K+].[K+]. The zero-order chi connectivity index (χ0) is 19.5. The molecule has 0 heterocycles. The van der Waals surface area contributed by atoms with E-state index in [1.165, 1.54) is 6.07 Å². The van der Waals surface area contributed by atoms with Gasteiger partial charge in [0.2, 0.25) is 0 Å². The second-order valence-electron chi connectivity index (χ2n) is 5.70. The van der Waals surface area contributed by atoms with E-state index in [1.54, 1.807) is 24.3 Å². The van der Waals surface area contributed by atoms with Gasteiger partial charge in [0, 0.05) is 11.6 Å². The van der Waals surface area contributed by atoms with Crippen molar-refractivity contribution in [3.05, 3.63) is 59.7 Å². The molecule has 0 N–H and O–H groups in total. The Morgan fingerprint density at radius 3 is 1.97 bits per heavy atom. The zero-order valence-electron chi connectivity index (χ0n) is 16.3. The summed E-state index contributed by atoms with van der Waals surface area (Å²) in [7, 11) is -10.8. The monoisotopic (exact) mass is 520 g/mol. The van der Waals surface area contributed by atoms with Gasteiger partial charge in [0.15, 0.2) is 0 Å². The first-order valence-corrected chi connectivity index (χ1v) is 10.6. The third kappa shape index (κ3) is 11.5. The van der Waals surface area contributed by atoms with E-state index in [1.807, 2.05) is 0 Å². The fourth-order valence-electron chi connectivity index (χ4n) is 2.52. The summed E-state index contributed by atoms with van der Waals surface area (Å²) in [6.45, 7) is 0. The molecule has 1 atom stereocenters. The summed E-state index contributed by atoms with van der Waals surface area (Å²) < 4.78 is 70.2. The first-order valence-electron chi connectivity index (χ1n) is 7.49. The van der Waals surface area contributed by atoms with Crippen molar-refractivity contribution in [1.82, 2.24) is 0 Å².